The highest BCUT2D eigenvalue weighted by atomic mass is 16.6. The van der Waals surface area contributed by atoms with E-state index in [1.807, 2.05) is 32.6 Å². The summed E-state index contributed by atoms with van der Waals surface area (Å²) in [5.74, 6) is 0.0506. The van der Waals surface area contributed by atoms with Crippen LogP contribution in [0.15, 0.2) is 18.2 Å². The smallest absolute Gasteiger partial charge is 0.410 e. The van der Waals surface area contributed by atoms with Crippen LogP contribution in [0, 0.1) is 6.92 Å². The second-order valence-electron chi connectivity index (χ2n) is 9.04. The molecule has 1 fully saturated rings. The number of hydrogen-bond donors (Lipinski definition) is 0. The Hall–Kier alpha value is -2.50. The van der Waals surface area contributed by atoms with Crippen molar-refractivity contribution in [3.05, 3.63) is 35.0 Å². The van der Waals surface area contributed by atoms with E-state index in [1.54, 1.807) is 4.90 Å². The van der Waals surface area contributed by atoms with Gasteiger partial charge in [0.15, 0.2) is 0 Å². The van der Waals surface area contributed by atoms with E-state index in [1.165, 1.54) is 5.56 Å². The second-order valence-corrected chi connectivity index (χ2v) is 9.04. The molecule has 1 saturated heterocycles. The zero-order chi connectivity index (χ0) is 22.1. The summed E-state index contributed by atoms with van der Waals surface area (Å²) in [6.07, 6.45) is 1.42. The quantitative estimate of drug-likeness (QED) is 0.738. The molecule has 2 aromatic rings. The summed E-state index contributed by atoms with van der Waals surface area (Å²) in [4.78, 5) is 29.6. The van der Waals surface area contributed by atoms with Crippen LogP contribution in [0.5, 0.6) is 0 Å². The van der Waals surface area contributed by atoms with Crippen LogP contribution in [0.25, 0.3) is 10.9 Å². The highest BCUT2D eigenvalue weighted by Crippen LogP contribution is 2.28. The first-order valence-corrected chi connectivity index (χ1v) is 11.0. The van der Waals surface area contributed by atoms with E-state index in [9.17, 15) is 9.59 Å². The molecule has 1 aliphatic rings. The van der Waals surface area contributed by atoms with Gasteiger partial charge >= 0.3 is 6.09 Å². The van der Waals surface area contributed by atoms with Crippen molar-refractivity contribution in [1.82, 2.24) is 14.4 Å². The van der Waals surface area contributed by atoms with Crippen molar-refractivity contribution in [2.24, 2.45) is 0 Å². The number of carbonyl (C=O) groups excluding carboxylic acids is 2. The largest absolute Gasteiger partial charge is 0.444 e. The van der Waals surface area contributed by atoms with Crippen LogP contribution >= 0.6 is 0 Å². The Balaban J connectivity index is 1.84. The van der Waals surface area contributed by atoms with E-state index in [0.29, 0.717) is 26.2 Å². The molecule has 6 nitrogen and oxygen atoms in total. The molecule has 2 heterocycles. The van der Waals surface area contributed by atoms with Crippen molar-refractivity contribution in [3.8, 4) is 0 Å². The molecule has 0 N–H and O–H groups in total. The predicted molar refractivity (Wildman–Crippen MR) is 120 cm³/mol. The number of carbonyl (C=O) groups is 2. The summed E-state index contributed by atoms with van der Waals surface area (Å²) in [5, 5.41) is 1.16. The lowest BCUT2D eigenvalue weighted by molar-refractivity contribution is 0.0255. The Kier molecular flexibility index (Phi) is 6.44. The molecule has 0 bridgehead atoms. The van der Waals surface area contributed by atoms with E-state index in [-0.39, 0.29) is 12.0 Å². The molecule has 0 unspecified atom stereocenters. The van der Waals surface area contributed by atoms with Gasteiger partial charge in [0.2, 0.25) is 0 Å². The number of hydrogen-bond acceptors (Lipinski definition) is 3. The maximum Gasteiger partial charge on any atom is 0.410 e. The molecule has 2 amide bonds. The second kappa shape index (κ2) is 8.70. The van der Waals surface area contributed by atoms with Crippen molar-refractivity contribution in [1.29, 1.82) is 0 Å². The Morgan fingerprint density at radius 2 is 1.70 bits per heavy atom. The van der Waals surface area contributed by atoms with Gasteiger partial charge in [-0.2, -0.15) is 0 Å². The molecule has 0 aliphatic carbocycles. The van der Waals surface area contributed by atoms with Gasteiger partial charge in [0.05, 0.1) is 0 Å². The third-order valence-corrected chi connectivity index (χ3v) is 5.74. The fourth-order valence-electron chi connectivity index (χ4n) is 4.17. The number of aryl methyl sites for hydroxylation is 3. The van der Waals surface area contributed by atoms with Crippen molar-refractivity contribution in [3.63, 3.8) is 0 Å². The van der Waals surface area contributed by atoms with Gasteiger partial charge in [-0.15, -0.1) is 0 Å². The van der Waals surface area contributed by atoms with E-state index in [4.69, 9.17) is 4.74 Å². The summed E-state index contributed by atoms with van der Waals surface area (Å²) in [5.41, 5.74) is 3.68. The topological polar surface area (TPSA) is 54.8 Å². The van der Waals surface area contributed by atoms with Gasteiger partial charge in [0, 0.05) is 43.6 Å². The van der Waals surface area contributed by atoms with Crippen molar-refractivity contribution in [2.75, 3.05) is 26.2 Å². The molecule has 0 radical (unpaired) electrons. The lowest BCUT2D eigenvalue weighted by Gasteiger charge is -2.26. The third kappa shape index (κ3) is 4.47. The third-order valence-electron chi connectivity index (χ3n) is 5.74. The molecule has 0 atom stereocenters. The Morgan fingerprint density at radius 1 is 1.03 bits per heavy atom. The summed E-state index contributed by atoms with van der Waals surface area (Å²) in [7, 11) is 0. The van der Waals surface area contributed by atoms with Crippen LogP contribution in [0.1, 0.15) is 62.7 Å². The van der Waals surface area contributed by atoms with E-state index in [2.05, 4.69) is 36.6 Å². The van der Waals surface area contributed by atoms with E-state index < -0.39 is 5.60 Å². The molecular formula is C24H35N3O3. The van der Waals surface area contributed by atoms with Gasteiger partial charge < -0.3 is 19.1 Å². The zero-order valence-electron chi connectivity index (χ0n) is 19.2. The van der Waals surface area contributed by atoms with Crippen LogP contribution in [0.3, 0.4) is 0 Å². The van der Waals surface area contributed by atoms with Crippen LogP contribution in [0.2, 0.25) is 0 Å². The zero-order valence-corrected chi connectivity index (χ0v) is 19.2. The molecular weight excluding hydrogens is 378 g/mol. The highest BCUT2D eigenvalue weighted by Gasteiger charge is 2.29. The minimum atomic E-state index is -0.518. The molecule has 1 aromatic heterocycles. The number of nitrogens with zero attached hydrogens (tertiary/aromatic N) is 3. The minimum Gasteiger partial charge on any atom is -0.444 e. The van der Waals surface area contributed by atoms with Crippen molar-refractivity contribution < 1.29 is 14.3 Å². The number of benzene rings is 1. The van der Waals surface area contributed by atoms with Gasteiger partial charge in [0.25, 0.3) is 5.91 Å². The van der Waals surface area contributed by atoms with E-state index >= 15 is 0 Å². The first kappa shape index (κ1) is 22.2. The molecule has 1 aromatic carbocycles. The molecule has 6 heteroatoms. The SMILES string of the molecule is CCc1ccc2c(c1)c(C)c(C(=O)N1CCCN(C(=O)OC(C)(C)C)CC1)n2CC. The average molecular weight is 414 g/mol. The lowest BCUT2D eigenvalue weighted by atomic mass is 10.1. The van der Waals surface area contributed by atoms with Gasteiger partial charge in [-0.1, -0.05) is 13.0 Å². The summed E-state index contributed by atoms with van der Waals surface area (Å²) >= 11 is 0. The lowest BCUT2D eigenvalue weighted by Crippen LogP contribution is -2.40. The number of amides is 2. The van der Waals surface area contributed by atoms with Gasteiger partial charge in [0.1, 0.15) is 11.3 Å². The van der Waals surface area contributed by atoms with Crippen LogP contribution in [0.4, 0.5) is 4.79 Å². The molecule has 0 spiro atoms. The first-order valence-electron chi connectivity index (χ1n) is 11.0. The Morgan fingerprint density at radius 3 is 2.33 bits per heavy atom. The van der Waals surface area contributed by atoms with Gasteiger partial charge in [-0.3, -0.25) is 4.79 Å². The number of fused-ring (bicyclic) bond motifs is 1. The summed E-state index contributed by atoms with van der Waals surface area (Å²) in [6.45, 7) is 14.9. The molecule has 30 heavy (non-hydrogen) atoms. The van der Waals surface area contributed by atoms with Crippen molar-refractivity contribution >= 4 is 22.9 Å². The number of aromatic nitrogens is 1. The van der Waals surface area contributed by atoms with Crippen LogP contribution in [-0.2, 0) is 17.7 Å². The van der Waals surface area contributed by atoms with Crippen LogP contribution < -0.4 is 0 Å². The Bertz CT molecular complexity index is 939. The van der Waals surface area contributed by atoms with Gasteiger partial charge in [-0.25, -0.2) is 4.79 Å². The molecule has 1 aliphatic heterocycles. The maximum absolute atomic E-state index is 13.6. The fourth-order valence-corrected chi connectivity index (χ4v) is 4.17. The molecule has 3 rings (SSSR count). The molecule has 0 saturated carbocycles. The normalized spacial score (nSPS) is 15.4. The first-order chi connectivity index (χ1) is 14.2. The predicted octanol–water partition coefficient (Wildman–Crippen LogP) is 4.62. The standard InChI is InChI=1S/C24H35N3O3/c1-7-18-10-11-20-19(16-18)17(3)21(27(20)8-2)22(28)25-12-9-13-26(15-14-25)23(29)30-24(4,5)6/h10-11,16H,7-9,12-15H2,1-6H3. The van der Waals surface area contributed by atoms with Crippen molar-refractivity contribution in [2.45, 2.75) is 66.5 Å². The van der Waals surface area contributed by atoms with Crippen LogP contribution in [-0.4, -0.2) is 58.1 Å². The highest BCUT2D eigenvalue weighted by molar-refractivity contribution is 6.01. The molecule has 164 valence electrons. The average Bonchev–Trinajstić information content (AvgIpc) is 2.85. The number of ether oxygens (including phenoxy) is 1. The van der Waals surface area contributed by atoms with Gasteiger partial charge in [-0.05, 0) is 70.7 Å². The monoisotopic (exact) mass is 413 g/mol. The Labute approximate surface area is 179 Å². The fraction of sp³-hybridized carbons (Fsp3) is 0.583. The minimum absolute atomic E-state index is 0.0506. The summed E-state index contributed by atoms with van der Waals surface area (Å²) < 4.78 is 7.64. The number of rotatable bonds is 3. The summed E-state index contributed by atoms with van der Waals surface area (Å²) in [6, 6.07) is 6.49. The van der Waals surface area contributed by atoms with E-state index in [0.717, 1.165) is 41.5 Å². The maximum atomic E-state index is 13.6.